The summed E-state index contributed by atoms with van der Waals surface area (Å²) < 4.78 is 29.5. The summed E-state index contributed by atoms with van der Waals surface area (Å²) in [7, 11) is 0. The molecule has 3 saturated heterocycles. The molecule has 0 unspecified atom stereocenters. The molecule has 0 saturated carbocycles. The number of aromatic amines is 1. The minimum Gasteiger partial charge on any atom is -0.394 e. The van der Waals surface area contributed by atoms with Crippen molar-refractivity contribution in [2.45, 2.75) is 68.8 Å². The normalized spacial score (nSPS) is 40.1. The molecular formula is C17H23BrN2O10. The molecule has 4 rings (SSSR count). The van der Waals surface area contributed by atoms with Crippen LogP contribution in [0.4, 0.5) is 0 Å². The van der Waals surface area contributed by atoms with Crippen LogP contribution in [-0.4, -0.2) is 86.8 Å². The summed E-state index contributed by atoms with van der Waals surface area (Å²) in [4.78, 5) is 25.7. The number of nitrogens with one attached hydrogen (secondary N) is 1. The Morgan fingerprint density at radius 3 is 2.57 bits per heavy atom. The van der Waals surface area contributed by atoms with Gasteiger partial charge >= 0.3 is 5.69 Å². The topological polar surface area (TPSA) is 162 Å². The minimum absolute atomic E-state index is 0.0635. The van der Waals surface area contributed by atoms with Crippen LogP contribution in [0.2, 0.25) is 0 Å². The first kappa shape index (κ1) is 22.0. The Morgan fingerprint density at radius 1 is 1.17 bits per heavy atom. The SMILES string of the molecule is CC1(C)O[C@@H]2[C@@H](OC[C@H]3O[C@@H](n4cc(Br)c(=O)[nH]c4=O)[C@H](O)[C@@H]3O)O[C@@H](CO)[C@@H]2O1. The molecule has 1 aromatic heterocycles. The maximum Gasteiger partial charge on any atom is 0.330 e. The first-order valence-corrected chi connectivity index (χ1v) is 10.2. The van der Waals surface area contributed by atoms with Crippen molar-refractivity contribution in [2.75, 3.05) is 13.2 Å². The number of H-pyrrole nitrogens is 1. The summed E-state index contributed by atoms with van der Waals surface area (Å²) in [6.45, 7) is 3.00. The Bertz CT molecular complexity index is 903. The van der Waals surface area contributed by atoms with Crippen LogP contribution < -0.4 is 11.2 Å². The number of nitrogens with zero attached hydrogens (tertiary/aromatic N) is 1. The second-order valence-electron chi connectivity index (χ2n) is 7.81. The Balaban J connectivity index is 1.44. The summed E-state index contributed by atoms with van der Waals surface area (Å²) >= 11 is 3.01. The van der Waals surface area contributed by atoms with E-state index in [1.807, 2.05) is 0 Å². The molecule has 0 spiro atoms. The fourth-order valence-corrected chi connectivity index (χ4v) is 4.18. The molecule has 0 radical (unpaired) electrons. The lowest BCUT2D eigenvalue weighted by atomic mass is 10.1. The lowest BCUT2D eigenvalue weighted by Crippen LogP contribution is -2.39. The van der Waals surface area contributed by atoms with E-state index in [2.05, 4.69) is 20.9 Å². The molecule has 13 heteroatoms. The molecule has 4 heterocycles. The summed E-state index contributed by atoms with van der Waals surface area (Å²) in [5, 5.41) is 30.2. The highest BCUT2D eigenvalue weighted by Gasteiger charge is 2.56. The van der Waals surface area contributed by atoms with E-state index in [4.69, 9.17) is 23.7 Å². The molecule has 30 heavy (non-hydrogen) atoms. The van der Waals surface area contributed by atoms with Crippen molar-refractivity contribution in [3.8, 4) is 0 Å². The summed E-state index contributed by atoms with van der Waals surface area (Å²) in [5.74, 6) is -0.864. The van der Waals surface area contributed by atoms with Gasteiger partial charge in [-0.2, -0.15) is 0 Å². The lowest BCUT2D eigenvalue weighted by Gasteiger charge is -2.24. The number of aromatic nitrogens is 2. The van der Waals surface area contributed by atoms with Crippen LogP contribution in [0.25, 0.3) is 0 Å². The monoisotopic (exact) mass is 494 g/mol. The summed E-state index contributed by atoms with van der Waals surface area (Å²) in [5.41, 5.74) is -1.43. The van der Waals surface area contributed by atoms with Gasteiger partial charge in [0.25, 0.3) is 5.56 Å². The van der Waals surface area contributed by atoms with Gasteiger partial charge in [-0.15, -0.1) is 0 Å². The number of hydrogen-bond acceptors (Lipinski definition) is 10. The molecule has 0 aliphatic carbocycles. The molecule has 1 aromatic rings. The van der Waals surface area contributed by atoms with Gasteiger partial charge in [0.05, 0.1) is 17.7 Å². The number of ether oxygens (including phenoxy) is 5. The highest BCUT2D eigenvalue weighted by Crippen LogP contribution is 2.39. The van der Waals surface area contributed by atoms with Gasteiger partial charge in [-0.25, -0.2) is 4.79 Å². The van der Waals surface area contributed by atoms with Gasteiger partial charge < -0.3 is 39.0 Å². The van der Waals surface area contributed by atoms with E-state index >= 15 is 0 Å². The van der Waals surface area contributed by atoms with Crippen molar-refractivity contribution >= 4 is 15.9 Å². The van der Waals surface area contributed by atoms with Gasteiger partial charge in [0, 0.05) is 6.20 Å². The van der Waals surface area contributed by atoms with Gasteiger partial charge in [-0.1, -0.05) is 0 Å². The largest absolute Gasteiger partial charge is 0.394 e. The van der Waals surface area contributed by atoms with Gasteiger partial charge in [-0.05, 0) is 29.8 Å². The smallest absolute Gasteiger partial charge is 0.330 e. The van der Waals surface area contributed by atoms with Gasteiger partial charge in [-0.3, -0.25) is 14.3 Å². The van der Waals surface area contributed by atoms with Crippen molar-refractivity contribution in [2.24, 2.45) is 0 Å². The molecule has 0 aromatic carbocycles. The van der Waals surface area contributed by atoms with Crippen LogP contribution >= 0.6 is 15.9 Å². The van der Waals surface area contributed by atoms with Crippen LogP contribution in [-0.2, 0) is 23.7 Å². The molecule has 168 valence electrons. The zero-order chi connectivity index (χ0) is 21.8. The molecule has 8 atom stereocenters. The quantitative estimate of drug-likeness (QED) is 0.366. The number of aliphatic hydroxyl groups excluding tert-OH is 3. The molecule has 12 nitrogen and oxygen atoms in total. The van der Waals surface area contributed by atoms with E-state index in [1.54, 1.807) is 13.8 Å². The minimum atomic E-state index is -1.44. The third-order valence-corrected chi connectivity index (χ3v) is 5.81. The van der Waals surface area contributed by atoms with Crippen LogP contribution in [0.15, 0.2) is 20.3 Å². The number of halogens is 1. The Morgan fingerprint density at radius 2 is 1.87 bits per heavy atom. The lowest BCUT2D eigenvalue weighted by molar-refractivity contribution is -0.243. The average molecular weight is 495 g/mol. The number of rotatable bonds is 5. The second-order valence-corrected chi connectivity index (χ2v) is 8.67. The van der Waals surface area contributed by atoms with Crippen molar-refractivity contribution in [1.29, 1.82) is 0 Å². The van der Waals surface area contributed by atoms with Crippen molar-refractivity contribution < 1.29 is 39.0 Å². The Kier molecular flexibility index (Phi) is 5.93. The van der Waals surface area contributed by atoms with E-state index in [1.165, 1.54) is 6.20 Å². The van der Waals surface area contributed by atoms with E-state index in [9.17, 15) is 24.9 Å². The van der Waals surface area contributed by atoms with Gasteiger partial charge in [0.2, 0.25) is 0 Å². The molecule has 0 bridgehead atoms. The van der Waals surface area contributed by atoms with E-state index in [-0.39, 0.29) is 17.7 Å². The standard InChI is InChI=1S/C17H23BrN2O10/c1-17(2)29-11-7(4-21)28-15(12(11)30-17)26-5-8-9(22)10(23)14(27-8)20-3-6(18)13(24)19-16(20)25/h3,7-12,14-15,21-23H,4-5H2,1-2H3,(H,19,24,25)/t7-,8+,9+,10+,11-,12-,14+,15-/m0/s1. The molecule has 0 amide bonds. The third kappa shape index (κ3) is 3.89. The maximum atomic E-state index is 12.1. The van der Waals surface area contributed by atoms with Crippen LogP contribution in [0.1, 0.15) is 20.1 Å². The zero-order valence-corrected chi connectivity index (χ0v) is 17.7. The third-order valence-electron chi connectivity index (χ3n) is 5.25. The van der Waals surface area contributed by atoms with Crippen LogP contribution in [0.3, 0.4) is 0 Å². The maximum absolute atomic E-state index is 12.1. The van der Waals surface area contributed by atoms with E-state index in [0.717, 1.165) is 4.57 Å². The fraction of sp³-hybridized carbons (Fsp3) is 0.765. The van der Waals surface area contributed by atoms with Crippen LogP contribution in [0.5, 0.6) is 0 Å². The van der Waals surface area contributed by atoms with Gasteiger partial charge in [0.1, 0.15) is 36.6 Å². The molecule has 3 aliphatic heterocycles. The Hall–Kier alpha value is -1.16. The number of aliphatic hydroxyl groups is 3. The highest BCUT2D eigenvalue weighted by molar-refractivity contribution is 9.10. The number of fused-ring (bicyclic) bond motifs is 1. The van der Waals surface area contributed by atoms with Crippen LogP contribution in [0, 0.1) is 0 Å². The molecule has 3 fully saturated rings. The molecular weight excluding hydrogens is 472 g/mol. The highest BCUT2D eigenvalue weighted by atomic mass is 79.9. The molecule has 4 N–H and O–H groups in total. The van der Waals surface area contributed by atoms with E-state index in [0.29, 0.717) is 0 Å². The van der Waals surface area contributed by atoms with Crippen molar-refractivity contribution in [1.82, 2.24) is 9.55 Å². The predicted octanol–water partition coefficient (Wildman–Crippen LogP) is -1.83. The fourth-order valence-electron chi connectivity index (χ4n) is 3.86. The van der Waals surface area contributed by atoms with Gasteiger partial charge in [0.15, 0.2) is 18.3 Å². The molecule has 3 aliphatic rings. The Labute approximate surface area is 178 Å². The second kappa shape index (κ2) is 8.07. The number of hydrogen-bond donors (Lipinski definition) is 4. The zero-order valence-electron chi connectivity index (χ0n) is 16.1. The average Bonchev–Trinajstić information content (AvgIpc) is 3.26. The summed E-state index contributed by atoms with van der Waals surface area (Å²) in [6, 6.07) is 0. The summed E-state index contributed by atoms with van der Waals surface area (Å²) in [6.07, 6.45) is -6.48. The first-order chi connectivity index (χ1) is 14.1. The predicted molar refractivity (Wildman–Crippen MR) is 100 cm³/mol. The first-order valence-electron chi connectivity index (χ1n) is 9.37. The van der Waals surface area contributed by atoms with E-state index < -0.39 is 66.2 Å². The van der Waals surface area contributed by atoms with Crippen molar-refractivity contribution in [3.63, 3.8) is 0 Å². The van der Waals surface area contributed by atoms with Crippen molar-refractivity contribution in [3.05, 3.63) is 31.5 Å².